The van der Waals surface area contributed by atoms with Gasteiger partial charge in [-0.05, 0) is 35.9 Å². The largest absolute Gasteiger partial charge is 0.497 e. The number of aliphatic carboxylic acids is 1. The van der Waals surface area contributed by atoms with Crippen LogP contribution in [0.1, 0.15) is 15.3 Å². The first-order chi connectivity index (χ1) is 10.2. The first-order valence-corrected chi connectivity index (χ1v) is 7.19. The van der Waals surface area contributed by atoms with Gasteiger partial charge in [0.05, 0.1) is 20.3 Å². The highest BCUT2D eigenvalue weighted by Gasteiger charge is 2.00. The predicted octanol–water partition coefficient (Wildman–Crippen LogP) is 3.57. The summed E-state index contributed by atoms with van der Waals surface area (Å²) in [7, 11) is 1.64. The minimum atomic E-state index is -0.944. The second-order valence-corrected chi connectivity index (χ2v) is 5.52. The van der Waals surface area contributed by atoms with Gasteiger partial charge in [-0.25, -0.2) is 4.79 Å². The maximum atomic E-state index is 10.4. The molecule has 1 N–H and O–H groups in total. The van der Waals surface area contributed by atoms with Gasteiger partial charge in [0.15, 0.2) is 0 Å². The first kappa shape index (κ1) is 15.3. The number of ether oxygens (including phenoxy) is 2. The van der Waals surface area contributed by atoms with Crippen molar-refractivity contribution in [1.29, 1.82) is 0 Å². The van der Waals surface area contributed by atoms with Crippen LogP contribution in [0.15, 0.2) is 42.5 Å². The lowest BCUT2D eigenvalue weighted by Gasteiger charge is -2.04. The van der Waals surface area contributed by atoms with Crippen LogP contribution in [0.4, 0.5) is 0 Å². The Hall–Kier alpha value is -2.11. The molecule has 1 aromatic carbocycles. The summed E-state index contributed by atoms with van der Waals surface area (Å²) >= 11 is 1.52. The van der Waals surface area contributed by atoms with E-state index in [-0.39, 0.29) is 0 Å². The molecule has 2 aromatic rings. The van der Waals surface area contributed by atoms with Gasteiger partial charge in [-0.2, -0.15) is 0 Å². The molecular weight excluding hydrogens is 288 g/mol. The molecule has 2 rings (SSSR count). The van der Waals surface area contributed by atoms with Crippen LogP contribution in [0.2, 0.25) is 0 Å². The summed E-state index contributed by atoms with van der Waals surface area (Å²) in [5, 5.41) is 8.57. The monoisotopic (exact) mass is 304 g/mol. The maximum absolute atomic E-state index is 10.4. The zero-order valence-electron chi connectivity index (χ0n) is 11.6. The van der Waals surface area contributed by atoms with Gasteiger partial charge in [-0.3, -0.25) is 0 Å². The molecule has 0 aliphatic carbocycles. The fourth-order valence-electron chi connectivity index (χ4n) is 1.71. The third-order valence-corrected chi connectivity index (χ3v) is 3.77. The van der Waals surface area contributed by atoms with Gasteiger partial charge in [-0.15, -0.1) is 11.3 Å². The molecule has 110 valence electrons. The third kappa shape index (κ3) is 5.06. The van der Waals surface area contributed by atoms with E-state index in [4.69, 9.17) is 14.6 Å². The van der Waals surface area contributed by atoms with Crippen molar-refractivity contribution >= 4 is 23.4 Å². The lowest BCUT2D eigenvalue weighted by atomic mass is 10.2. The van der Waals surface area contributed by atoms with Crippen molar-refractivity contribution in [2.24, 2.45) is 0 Å². The van der Waals surface area contributed by atoms with E-state index in [1.807, 2.05) is 36.4 Å². The summed E-state index contributed by atoms with van der Waals surface area (Å²) in [6.45, 7) is 1.04. The van der Waals surface area contributed by atoms with Crippen molar-refractivity contribution in [2.45, 2.75) is 13.2 Å². The molecule has 5 heteroatoms. The number of methoxy groups -OCH3 is 1. The van der Waals surface area contributed by atoms with Gasteiger partial charge < -0.3 is 14.6 Å². The molecular formula is C16H16O4S. The number of thiophene rings is 1. The van der Waals surface area contributed by atoms with Gasteiger partial charge in [-0.1, -0.05) is 12.1 Å². The molecule has 1 aromatic heterocycles. The fraction of sp³-hybridized carbons (Fsp3) is 0.188. The lowest BCUT2D eigenvalue weighted by Crippen LogP contribution is -1.92. The Labute approximate surface area is 127 Å². The zero-order valence-corrected chi connectivity index (χ0v) is 12.4. The van der Waals surface area contributed by atoms with Gasteiger partial charge in [0, 0.05) is 15.8 Å². The van der Waals surface area contributed by atoms with Gasteiger partial charge in [0.2, 0.25) is 0 Å². The van der Waals surface area contributed by atoms with Crippen molar-refractivity contribution in [3.63, 3.8) is 0 Å². The highest BCUT2D eigenvalue weighted by molar-refractivity contribution is 7.12. The molecule has 1 heterocycles. The number of carboxylic acids is 1. The Balaban J connectivity index is 1.81. The Morgan fingerprint density at radius 2 is 1.95 bits per heavy atom. The SMILES string of the molecule is COc1ccc(COCc2ccc(C=CC(=O)O)s2)cc1. The molecule has 0 saturated heterocycles. The number of carboxylic acid groups (broad SMARTS) is 1. The van der Waals surface area contributed by atoms with Crippen LogP contribution in [-0.4, -0.2) is 18.2 Å². The summed E-state index contributed by atoms with van der Waals surface area (Å²) < 4.78 is 10.7. The van der Waals surface area contributed by atoms with Crippen LogP contribution >= 0.6 is 11.3 Å². The van der Waals surface area contributed by atoms with E-state index in [0.29, 0.717) is 13.2 Å². The minimum Gasteiger partial charge on any atom is -0.497 e. The van der Waals surface area contributed by atoms with Crippen molar-refractivity contribution in [3.8, 4) is 5.75 Å². The molecule has 0 bridgehead atoms. The average Bonchev–Trinajstić information content (AvgIpc) is 2.94. The van der Waals surface area contributed by atoms with Gasteiger partial charge in [0.1, 0.15) is 5.75 Å². The zero-order chi connectivity index (χ0) is 15.1. The van der Waals surface area contributed by atoms with Crippen molar-refractivity contribution < 1.29 is 19.4 Å². The van der Waals surface area contributed by atoms with Crippen LogP contribution in [0.25, 0.3) is 6.08 Å². The number of carbonyl (C=O) groups is 1. The number of rotatable bonds is 7. The summed E-state index contributed by atoms with van der Waals surface area (Å²) in [5.74, 6) is -0.118. The highest BCUT2D eigenvalue weighted by atomic mass is 32.1. The minimum absolute atomic E-state index is 0.512. The first-order valence-electron chi connectivity index (χ1n) is 6.38. The molecule has 0 radical (unpaired) electrons. The topological polar surface area (TPSA) is 55.8 Å². The molecule has 0 fully saturated rings. The summed E-state index contributed by atoms with van der Waals surface area (Å²) in [6.07, 6.45) is 2.72. The molecule has 0 saturated carbocycles. The lowest BCUT2D eigenvalue weighted by molar-refractivity contribution is -0.131. The Bertz CT molecular complexity index is 613. The predicted molar refractivity (Wildman–Crippen MR) is 82.5 cm³/mol. The van der Waals surface area contributed by atoms with Crippen LogP contribution in [0.3, 0.4) is 0 Å². The standard InChI is InChI=1S/C16H16O4S/c1-19-13-4-2-12(3-5-13)10-20-11-15-7-6-14(21-15)8-9-16(17)18/h2-9H,10-11H2,1H3,(H,17,18). The van der Waals surface area contributed by atoms with Crippen molar-refractivity contribution in [2.75, 3.05) is 7.11 Å². The fourth-order valence-corrected chi connectivity index (χ4v) is 2.56. The van der Waals surface area contributed by atoms with Crippen molar-refractivity contribution in [3.05, 3.63) is 57.8 Å². The van der Waals surface area contributed by atoms with E-state index in [1.165, 1.54) is 11.3 Å². The Morgan fingerprint density at radius 1 is 1.19 bits per heavy atom. The van der Waals surface area contributed by atoms with Crippen LogP contribution in [0.5, 0.6) is 5.75 Å². The third-order valence-electron chi connectivity index (χ3n) is 2.74. The molecule has 0 aliphatic rings. The quantitative estimate of drug-likeness (QED) is 0.795. The van der Waals surface area contributed by atoms with E-state index < -0.39 is 5.97 Å². The van der Waals surface area contributed by atoms with E-state index in [2.05, 4.69) is 0 Å². The molecule has 0 aliphatic heterocycles. The van der Waals surface area contributed by atoms with E-state index in [1.54, 1.807) is 13.2 Å². The summed E-state index contributed by atoms with van der Waals surface area (Å²) in [4.78, 5) is 12.4. The molecule has 0 atom stereocenters. The van der Waals surface area contributed by atoms with Crippen LogP contribution in [0, 0.1) is 0 Å². The molecule has 0 amide bonds. The smallest absolute Gasteiger partial charge is 0.328 e. The van der Waals surface area contributed by atoms with Crippen LogP contribution in [-0.2, 0) is 22.7 Å². The molecule has 0 unspecified atom stereocenters. The molecule has 0 spiro atoms. The number of hydrogen-bond acceptors (Lipinski definition) is 4. The second-order valence-electron chi connectivity index (χ2n) is 4.32. The Kier molecular flexibility index (Phi) is 5.54. The van der Waals surface area contributed by atoms with Gasteiger partial charge in [0.25, 0.3) is 0 Å². The highest BCUT2D eigenvalue weighted by Crippen LogP contribution is 2.19. The maximum Gasteiger partial charge on any atom is 0.328 e. The van der Waals surface area contributed by atoms with E-state index >= 15 is 0 Å². The molecule has 21 heavy (non-hydrogen) atoms. The summed E-state index contributed by atoms with van der Waals surface area (Å²) in [6, 6.07) is 11.6. The number of hydrogen-bond donors (Lipinski definition) is 1. The van der Waals surface area contributed by atoms with Crippen molar-refractivity contribution in [1.82, 2.24) is 0 Å². The second kappa shape index (κ2) is 7.61. The van der Waals surface area contributed by atoms with E-state index in [0.717, 1.165) is 27.1 Å². The number of benzene rings is 1. The van der Waals surface area contributed by atoms with E-state index in [9.17, 15) is 4.79 Å². The average molecular weight is 304 g/mol. The van der Waals surface area contributed by atoms with Gasteiger partial charge >= 0.3 is 5.97 Å². The normalized spacial score (nSPS) is 10.9. The summed E-state index contributed by atoms with van der Waals surface area (Å²) in [5.41, 5.74) is 1.08. The molecule has 4 nitrogen and oxygen atoms in total. The Morgan fingerprint density at radius 3 is 2.62 bits per heavy atom. The van der Waals surface area contributed by atoms with Crippen LogP contribution < -0.4 is 4.74 Å².